The number of thioether (sulfide) groups is 1. The Morgan fingerprint density at radius 2 is 1.54 bits per heavy atom. The highest BCUT2D eigenvalue weighted by Crippen LogP contribution is 2.29. The van der Waals surface area contributed by atoms with Crippen molar-refractivity contribution < 1.29 is 0 Å². The summed E-state index contributed by atoms with van der Waals surface area (Å²) in [5.41, 5.74) is 5.86. The first-order chi connectivity index (χ1) is 13.6. The lowest BCUT2D eigenvalue weighted by molar-refractivity contribution is 0.687. The van der Waals surface area contributed by atoms with Crippen LogP contribution in [0.25, 0.3) is 22.0 Å². The normalized spacial score (nSPS) is 11.1. The average molecular weight is 407 g/mol. The van der Waals surface area contributed by atoms with E-state index in [2.05, 4.69) is 89.4 Å². The van der Waals surface area contributed by atoms with Crippen LogP contribution in [0, 0.1) is 13.8 Å². The zero-order valence-electron chi connectivity index (χ0n) is 16.2. The van der Waals surface area contributed by atoms with Gasteiger partial charge >= 0.3 is 0 Å². The molecule has 0 saturated heterocycles. The number of thiazole rings is 1. The Labute approximate surface area is 173 Å². The summed E-state index contributed by atoms with van der Waals surface area (Å²) < 4.78 is 2.17. The molecular weight excluding hydrogens is 384 g/mol. The summed E-state index contributed by atoms with van der Waals surface area (Å²) in [7, 11) is 0. The van der Waals surface area contributed by atoms with Gasteiger partial charge in [-0.3, -0.25) is 0 Å². The second-order valence-corrected chi connectivity index (χ2v) is 8.52. The van der Waals surface area contributed by atoms with Crippen molar-refractivity contribution >= 4 is 23.1 Å². The Balaban J connectivity index is 1.49. The van der Waals surface area contributed by atoms with E-state index >= 15 is 0 Å². The molecular formula is C22H22N4S2. The number of hydrogen-bond donors (Lipinski definition) is 0. The van der Waals surface area contributed by atoms with Gasteiger partial charge in [0.05, 0.1) is 5.69 Å². The van der Waals surface area contributed by atoms with Crippen LogP contribution in [0.4, 0.5) is 0 Å². The molecule has 142 valence electrons. The van der Waals surface area contributed by atoms with Crippen LogP contribution >= 0.6 is 23.1 Å². The molecule has 0 atom stereocenters. The van der Waals surface area contributed by atoms with Crippen LogP contribution in [0.5, 0.6) is 0 Å². The molecule has 0 bridgehead atoms. The third kappa shape index (κ3) is 4.03. The molecule has 4 nitrogen and oxygen atoms in total. The third-order valence-electron chi connectivity index (χ3n) is 4.54. The zero-order chi connectivity index (χ0) is 19.5. The molecule has 0 spiro atoms. The van der Waals surface area contributed by atoms with E-state index in [1.54, 1.807) is 23.1 Å². The Bertz CT molecular complexity index is 1060. The summed E-state index contributed by atoms with van der Waals surface area (Å²) >= 11 is 3.38. The fraction of sp³-hybridized carbons (Fsp3) is 0.227. The van der Waals surface area contributed by atoms with Crippen molar-refractivity contribution in [3.05, 3.63) is 70.7 Å². The van der Waals surface area contributed by atoms with E-state index in [-0.39, 0.29) is 0 Å². The molecule has 0 aliphatic rings. The molecule has 6 heteroatoms. The molecule has 2 aromatic heterocycles. The maximum atomic E-state index is 4.80. The van der Waals surface area contributed by atoms with Crippen LogP contribution in [0.15, 0.2) is 59.1 Å². The molecule has 2 aromatic carbocycles. The predicted molar refractivity (Wildman–Crippen MR) is 118 cm³/mol. The lowest BCUT2D eigenvalue weighted by Crippen LogP contribution is -2.00. The first kappa shape index (κ1) is 18.9. The molecule has 0 N–H and O–H groups in total. The van der Waals surface area contributed by atoms with Crippen molar-refractivity contribution in [3.63, 3.8) is 0 Å². The molecule has 4 aromatic rings. The summed E-state index contributed by atoms with van der Waals surface area (Å²) in [4.78, 5) is 4.80. The molecule has 4 rings (SSSR count). The lowest BCUT2D eigenvalue weighted by Gasteiger charge is -2.07. The van der Waals surface area contributed by atoms with E-state index in [4.69, 9.17) is 4.98 Å². The fourth-order valence-corrected chi connectivity index (χ4v) is 4.76. The van der Waals surface area contributed by atoms with Crippen molar-refractivity contribution in [2.75, 3.05) is 0 Å². The van der Waals surface area contributed by atoms with Crippen LogP contribution in [0.2, 0.25) is 0 Å². The minimum atomic E-state index is 0.786. The first-order valence-corrected chi connectivity index (χ1v) is 11.1. The van der Waals surface area contributed by atoms with Gasteiger partial charge < -0.3 is 4.57 Å². The third-order valence-corrected chi connectivity index (χ3v) is 6.48. The number of aryl methyl sites for hydroxylation is 2. The average Bonchev–Trinajstić information content (AvgIpc) is 3.34. The zero-order valence-corrected chi connectivity index (χ0v) is 17.8. The van der Waals surface area contributed by atoms with E-state index < -0.39 is 0 Å². The minimum Gasteiger partial charge on any atom is -0.302 e. The van der Waals surface area contributed by atoms with Crippen molar-refractivity contribution in [2.45, 2.75) is 38.2 Å². The lowest BCUT2D eigenvalue weighted by atomic mass is 10.1. The van der Waals surface area contributed by atoms with Crippen molar-refractivity contribution in [1.82, 2.24) is 19.7 Å². The van der Waals surface area contributed by atoms with Crippen molar-refractivity contribution in [2.24, 2.45) is 0 Å². The van der Waals surface area contributed by atoms with E-state index in [0.29, 0.717) is 0 Å². The number of rotatable bonds is 6. The van der Waals surface area contributed by atoms with E-state index in [0.717, 1.165) is 39.5 Å². The van der Waals surface area contributed by atoms with Gasteiger partial charge in [-0.05, 0) is 20.8 Å². The Morgan fingerprint density at radius 1 is 0.893 bits per heavy atom. The van der Waals surface area contributed by atoms with Crippen LogP contribution in [0.3, 0.4) is 0 Å². The van der Waals surface area contributed by atoms with Gasteiger partial charge in [-0.2, -0.15) is 0 Å². The molecule has 0 aliphatic carbocycles. The van der Waals surface area contributed by atoms with Gasteiger partial charge in [0.1, 0.15) is 5.01 Å². The second kappa shape index (κ2) is 8.29. The molecule has 2 heterocycles. The summed E-state index contributed by atoms with van der Waals surface area (Å²) in [5, 5.41) is 13.0. The van der Waals surface area contributed by atoms with Gasteiger partial charge in [-0.15, -0.1) is 21.5 Å². The molecule has 0 amide bonds. The molecule has 0 radical (unpaired) electrons. The largest absolute Gasteiger partial charge is 0.302 e. The van der Waals surface area contributed by atoms with E-state index in [9.17, 15) is 0 Å². The molecule has 0 aliphatic heterocycles. The van der Waals surface area contributed by atoms with Crippen LogP contribution in [0.1, 0.15) is 23.7 Å². The standard InChI is InChI=1S/C22H22N4S2/c1-4-26-20(17-9-5-15(2)6-10-17)24-25-22(26)28-14-19-13-27-21(23-19)18-11-7-16(3)8-12-18/h5-13H,4,14H2,1-3H3. The monoisotopic (exact) mass is 406 g/mol. The van der Waals surface area contributed by atoms with Gasteiger partial charge in [0, 0.05) is 28.8 Å². The van der Waals surface area contributed by atoms with Gasteiger partial charge in [0.25, 0.3) is 0 Å². The Kier molecular flexibility index (Phi) is 5.59. The minimum absolute atomic E-state index is 0.786. The number of hydrogen-bond acceptors (Lipinski definition) is 5. The summed E-state index contributed by atoms with van der Waals surface area (Å²) in [5.74, 6) is 1.71. The van der Waals surface area contributed by atoms with Gasteiger partial charge in [0.15, 0.2) is 11.0 Å². The SMILES string of the molecule is CCn1c(SCc2csc(-c3ccc(C)cc3)n2)nnc1-c1ccc(C)cc1. The fourth-order valence-electron chi connectivity index (χ4n) is 2.94. The number of benzene rings is 2. The highest BCUT2D eigenvalue weighted by Gasteiger charge is 2.14. The number of nitrogens with zero attached hydrogens (tertiary/aromatic N) is 4. The summed E-state index contributed by atoms with van der Waals surface area (Å²) in [6.45, 7) is 7.16. The smallest absolute Gasteiger partial charge is 0.191 e. The van der Waals surface area contributed by atoms with Gasteiger partial charge in [0.2, 0.25) is 0 Å². The Morgan fingerprint density at radius 3 is 2.18 bits per heavy atom. The highest BCUT2D eigenvalue weighted by atomic mass is 32.2. The van der Waals surface area contributed by atoms with Gasteiger partial charge in [-0.25, -0.2) is 4.98 Å². The topological polar surface area (TPSA) is 43.6 Å². The highest BCUT2D eigenvalue weighted by molar-refractivity contribution is 7.98. The van der Waals surface area contributed by atoms with Crippen LogP contribution < -0.4 is 0 Å². The van der Waals surface area contributed by atoms with E-state index in [1.165, 1.54) is 16.7 Å². The van der Waals surface area contributed by atoms with Crippen molar-refractivity contribution in [1.29, 1.82) is 0 Å². The van der Waals surface area contributed by atoms with Crippen molar-refractivity contribution in [3.8, 4) is 22.0 Å². The van der Waals surface area contributed by atoms with Gasteiger partial charge in [-0.1, -0.05) is 71.4 Å². The predicted octanol–water partition coefficient (Wildman–Crippen LogP) is 6.00. The second-order valence-electron chi connectivity index (χ2n) is 6.72. The van der Waals surface area contributed by atoms with Crippen LogP contribution in [-0.2, 0) is 12.3 Å². The maximum absolute atomic E-state index is 4.80. The quantitative estimate of drug-likeness (QED) is 0.369. The molecule has 0 saturated carbocycles. The maximum Gasteiger partial charge on any atom is 0.191 e. The number of aromatic nitrogens is 4. The van der Waals surface area contributed by atoms with Crippen LogP contribution in [-0.4, -0.2) is 19.7 Å². The van der Waals surface area contributed by atoms with E-state index in [1.807, 2.05) is 0 Å². The molecule has 0 fully saturated rings. The summed E-state index contributed by atoms with van der Waals surface area (Å²) in [6, 6.07) is 16.9. The molecule has 0 unspecified atom stereocenters. The first-order valence-electron chi connectivity index (χ1n) is 9.28. The summed E-state index contributed by atoms with van der Waals surface area (Å²) in [6.07, 6.45) is 0. The Hall–Kier alpha value is -2.44. The molecule has 28 heavy (non-hydrogen) atoms.